The Kier molecular flexibility index (Phi) is 5.02. The summed E-state index contributed by atoms with van der Waals surface area (Å²) in [4.78, 5) is 22.8. The van der Waals surface area contributed by atoms with Crippen molar-refractivity contribution < 1.29 is 19.6 Å². The Bertz CT molecular complexity index is 953. The van der Waals surface area contributed by atoms with Crippen molar-refractivity contribution in [2.75, 3.05) is 5.32 Å². The minimum Gasteiger partial charge on any atom is -0.507 e. The predicted molar refractivity (Wildman–Crippen MR) is 106 cm³/mol. The van der Waals surface area contributed by atoms with Gasteiger partial charge in [-0.2, -0.15) is 0 Å². The van der Waals surface area contributed by atoms with Gasteiger partial charge in [-0.3, -0.25) is 14.9 Å². The van der Waals surface area contributed by atoms with Crippen LogP contribution < -0.4 is 10.1 Å². The minimum atomic E-state index is -0.668. The van der Waals surface area contributed by atoms with Crippen molar-refractivity contribution in [2.24, 2.45) is 0 Å². The zero-order valence-electron chi connectivity index (χ0n) is 16.5. The Balaban J connectivity index is 1.74. The maximum absolute atomic E-state index is 12.5. The normalized spacial score (nSPS) is 18.1. The second kappa shape index (κ2) is 7.14. The number of carbonyl (C=O) groups is 1. The predicted octanol–water partition coefficient (Wildman–Crippen LogP) is 4.34. The number of hydrogen-bond acceptors (Lipinski definition) is 5. The van der Waals surface area contributed by atoms with Gasteiger partial charge < -0.3 is 15.2 Å². The van der Waals surface area contributed by atoms with Gasteiger partial charge in [0.05, 0.1) is 11.3 Å². The van der Waals surface area contributed by atoms with Crippen LogP contribution in [-0.2, 0) is 11.2 Å². The van der Waals surface area contributed by atoms with E-state index < -0.39 is 10.5 Å². The van der Waals surface area contributed by atoms with Gasteiger partial charge >= 0.3 is 0 Å². The van der Waals surface area contributed by atoms with Crippen molar-refractivity contribution in [1.29, 1.82) is 0 Å². The maximum Gasteiger partial charge on any atom is 0.269 e. The third-order valence-corrected chi connectivity index (χ3v) is 5.49. The number of fused-ring (bicyclic) bond motifs is 1. The summed E-state index contributed by atoms with van der Waals surface area (Å²) in [6, 6.07) is 5.72. The van der Waals surface area contributed by atoms with Gasteiger partial charge in [0.15, 0.2) is 0 Å². The first-order chi connectivity index (χ1) is 13.1. The molecule has 2 aromatic rings. The minimum absolute atomic E-state index is 0.0263. The number of phenolic OH excluding ortho intramolecular Hbond substituents is 1. The van der Waals surface area contributed by atoms with Crippen LogP contribution in [0, 0.1) is 30.9 Å². The van der Waals surface area contributed by atoms with Crippen LogP contribution in [0.2, 0.25) is 0 Å². The summed E-state index contributed by atoms with van der Waals surface area (Å²) in [5.74, 6) is 0.841. The van der Waals surface area contributed by atoms with Crippen molar-refractivity contribution >= 4 is 17.3 Å². The lowest BCUT2D eigenvalue weighted by atomic mass is 9.85. The van der Waals surface area contributed by atoms with Crippen LogP contribution in [0.3, 0.4) is 0 Å². The molecule has 0 saturated carbocycles. The monoisotopic (exact) mass is 384 g/mol. The number of amides is 1. The molecule has 1 atom stereocenters. The zero-order valence-corrected chi connectivity index (χ0v) is 16.5. The second-order valence-electron chi connectivity index (χ2n) is 7.61. The summed E-state index contributed by atoms with van der Waals surface area (Å²) in [6.45, 7) is 7.56. The number of carbonyl (C=O) groups excluding carboxylic acids is 1. The van der Waals surface area contributed by atoms with Crippen molar-refractivity contribution in [2.45, 2.75) is 52.6 Å². The molecule has 0 aromatic heterocycles. The van der Waals surface area contributed by atoms with Gasteiger partial charge in [-0.15, -0.1) is 0 Å². The lowest BCUT2D eigenvalue weighted by Crippen LogP contribution is -2.40. The Morgan fingerprint density at radius 3 is 2.46 bits per heavy atom. The molecule has 7 nitrogen and oxygen atoms in total. The summed E-state index contributed by atoms with van der Waals surface area (Å²) in [6.07, 6.45) is 1.52. The van der Waals surface area contributed by atoms with Crippen LogP contribution in [0.1, 0.15) is 42.0 Å². The van der Waals surface area contributed by atoms with E-state index in [1.165, 1.54) is 24.3 Å². The molecule has 0 spiro atoms. The lowest BCUT2D eigenvalue weighted by molar-refractivity contribution is -0.384. The molecular weight excluding hydrogens is 360 g/mol. The lowest BCUT2D eigenvalue weighted by Gasteiger charge is -2.37. The van der Waals surface area contributed by atoms with E-state index in [0.717, 1.165) is 34.4 Å². The van der Waals surface area contributed by atoms with Crippen LogP contribution >= 0.6 is 0 Å². The average molecular weight is 384 g/mol. The van der Waals surface area contributed by atoms with Crippen molar-refractivity contribution in [1.82, 2.24) is 0 Å². The highest BCUT2D eigenvalue weighted by Gasteiger charge is 2.36. The summed E-state index contributed by atoms with van der Waals surface area (Å²) >= 11 is 0. The highest BCUT2D eigenvalue weighted by atomic mass is 16.6. The van der Waals surface area contributed by atoms with E-state index in [9.17, 15) is 20.0 Å². The number of aromatic hydroxyl groups is 1. The number of nitro benzene ring substituents is 1. The number of anilines is 1. The van der Waals surface area contributed by atoms with Crippen LogP contribution in [0.4, 0.5) is 11.4 Å². The van der Waals surface area contributed by atoms with Crippen LogP contribution in [-0.4, -0.2) is 21.5 Å². The molecule has 0 fully saturated rings. The number of hydrogen-bond donors (Lipinski definition) is 2. The molecule has 1 heterocycles. The van der Waals surface area contributed by atoms with Gasteiger partial charge in [-0.05, 0) is 69.4 Å². The van der Waals surface area contributed by atoms with Crippen LogP contribution in [0.25, 0.3) is 0 Å². The Labute approximate surface area is 163 Å². The smallest absolute Gasteiger partial charge is 0.269 e. The van der Waals surface area contributed by atoms with E-state index in [-0.39, 0.29) is 18.0 Å². The van der Waals surface area contributed by atoms with E-state index in [1.54, 1.807) is 0 Å². The Morgan fingerprint density at radius 2 is 1.86 bits per heavy atom. The summed E-state index contributed by atoms with van der Waals surface area (Å²) in [7, 11) is 0. The molecule has 0 radical (unpaired) electrons. The zero-order chi connectivity index (χ0) is 20.6. The van der Waals surface area contributed by atoms with Gasteiger partial charge in [0.2, 0.25) is 5.91 Å². The molecule has 2 aromatic carbocycles. The molecule has 0 bridgehead atoms. The standard InChI is InChI=1S/C21H24N2O5/c1-12-13(2)20-17(14(3)19(12)25)9-10-21(4,28-20)11-18(24)22-15-5-7-16(8-6-15)23(26)27/h5-8,25H,9-11H2,1-4H3,(H,22,24). The Morgan fingerprint density at radius 1 is 1.21 bits per heavy atom. The molecule has 1 amide bonds. The summed E-state index contributed by atoms with van der Waals surface area (Å²) in [5.41, 5.74) is 3.31. The number of rotatable bonds is 4. The molecule has 1 unspecified atom stereocenters. The molecule has 0 saturated heterocycles. The van der Waals surface area contributed by atoms with Gasteiger partial charge in [0.25, 0.3) is 5.69 Å². The number of ether oxygens (including phenoxy) is 1. The molecule has 3 rings (SSSR count). The summed E-state index contributed by atoms with van der Waals surface area (Å²) < 4.78 is 6.26. The molecule has 28 heavy (non-hydrogen) atoms. The van der Waals surface area contributed by atoms with E-state index in [2.05, 4.69) is 5.32 Å². The number of nitrogens with zero attached hydrogens (tertiary/aromatic N) is 1. The first kappa shape index (κ1) is 19.7. The molecule has 148 valence electrons. The van der Waals surface area contributed by atoms with E-state index in [4.69, 9.17) is 4.74 Å². The molecule has 1 aliphatic heterocycles. The highest BCUT2D eigenvalue weighted by molar-refractivity contribution is 5.91. The van der Waals surface area contributed by atoms with Crippen molar-refractivity contribution in [3.05, 3.63) is 56.6 Å². The number of non-ortho nitro benzene ring substituents is 1. The highest BCUT2D eigenvalue weighted by Crippen LogP contribution is 2.44. The number of phenols is 1. The van der Waals surface area contributed by atoms with E-state index >= 15 is 0 Å². The van der Waals surface area contributed by atoms with Crippen LogP contribution in [0.5, 0.6) is 11.5 Å². The molecular formula is C21H24N2O5. The number of nitrogens with one attached hydrogen (secondary N) is 1. The Hall–Kier alpha value is -3.09. The van der Waals surface area contributed by atoms with E-state index in [0.29, 0.717) is 17.9 Å². The van der Waals surface area contributed by atoms with Gasteiger partial charge in [0, 0.05) is 23.4 Å². The number of nitro groups is 1. The first-order valence-corrected chi connectivity index (χ1v) is 9.16. The fourth-order valence-corrected chi connectivity index (χ4v) is 3.63. The fourth-order valence-electron chi connectivity index (χ4n) is 3.63. The molecule has 1 aliphatic rings. The summed E-state index contributed by atoms with van der Waals surface area (Å²) in [5, 5.41) is 23.8. The van der Waals surface area contributed by atoms with Gasteiger partial charge in [-0.1, -0.05) is 0 Å². The topological polar surface area (TPSA) is 102 Å². The largest absolute Gasteiger partial charge is 0.507 e. The SMILES string of the molecule is Cc1c(C)c2c(c(C)c1O)CCC(C)(CC(=O)Nc1ccc([N+](=O)[O-])cc1)O2. The fraction of sp³-hybridized carbons (Fsp3) is 0.381. The number of benzene rings is 2. The van der Waals surface area contributed by atoms with Gasteiger partial charge in [-0.25, -0.2) is 0 Å². The van der Waals surface area contributed by atoms with Crippen molar-refractivity contribution in [3.63, 3.8) is 0 Å². The van der Waals surface area contributed by atoms with Crippen molar-refractivity contribution in [3.8, 4) is 11.5 Å². The maximum atomic E-state index is 12.5. The third kappa shape index (κ3) is 3.65. The van der Waals surface area contributed by atoms with Crippen LogP contribution in [0.15, 0.2) is 24.3 Å². The van der Waals surface area contributed by atoms with E-state index in [1.807, 2.05) is 27.7 Å². The quantitative estimate of drug-likeness (QED) is 0.603. The average Bonchev–Trinajstić information content (AvgIpc) is 2.64. The first-order valence-electron chi connectivity index (χ1n) is 9.16. The third-order valence-electron chi connectivity index (χ3n) is 5.49. The molecule has 0 aliphatic carbocycles. The second-order valence-corrected chi connectivity index (χ2v) is 7.61. The molecule has 2 N–H and O–H groups in total. The van der Waals surface area contributed by atoms with Gasteiger partial charge in [0.1, 0.15) is 17.1 Å². The molecule has 7 heteroatoms.